The molecule has 2 atom stereocenters. The second kappa shape index (κ2) is 15.0. The molecule has 0 saturated carbocycles. The van der Waals surface area contributed by atoms with Crippen LogP contribution in [0.4, 0.5) is 0 Å². The molecule has 2 amide bonds. The SMILES string of the molecule is O=C(OCc1ccccc1)[C@H]1CCCN1C(=O)COc1ccccc1OCC(=O)N1CCC[C@@H]1C(=O)OCc1ccccc1. The van der Waals surface area contributed by atoms with Gasteiger partial charge in [0.05, 0.1) is 0 Å². The van der Waals surface area contributed by atoms with Crippen molar-refractivity contribution in [1.29, 1.82) is 0 Å². The van der Waals surface area contributed by atoms with Gasteiger partial charge in [0.1, 0.15) is 25.3 Å². The van der Waals surface area contributed by atoms with Gasteiger partial charge in [-0.3, -0.25) is 9.59 Å². The minimum atomic E-state index is -0.660. The Bertz CT molecular complexity index is 1320. The molecule has 0 radical (unpaired) electrons. The lowest BCUT2D eigenvalue weighted by Crippen LogP contribution is -2.43. The second-order valence-corrected chi connectivity index (χ2v) is 10.7. The normalized spacial score (nSPS) is 17.6. The van der Waals surface area contributed by atoms with Gasteiger partial charge in [0, 0.05) is 13.1 Å². The molecule has 10 nitrogen and oxygen atoms in total. The zero-order chi connectivity index (χ0) is 30.7. The number of hydrogen-bond donors (Lipinski definition) is 0. The summed E-state index contributed by atoms with van der Waals surface area (Å²) < 4.78 is 22.5. The zero-order valence-electron chi connectivity index (χ0n) is 24.5. The molecule has 230 valence electrons. The number of likely N-dealkylation sites (tertiary alicyclic amines) is 2. The van der Waals surface area contributed by atoms with E-state index in [1.807, 2.05) is 60.7 Å². The first-order valence-electron chi connectivity index (χ1n) is 14.8. The van der Waals surface area contributed by atoms with Crippen LogP contribution < -0.4 is 9.47 Å². The van der Waals surface area contributed by atoms with Crippen LogP contribution in [0.3, 0.4) is 0 Å². The molecule has 0 aliphatic carbocycles. The van der Waals surface area contributed by atoms with Crippen LogP contribution in [0.15, 0.2) is 84.9 Å². The Kier molecular flexibility index (Phi) is 10.5. The molecule has 0 unspecified atom stereocenters. The Morgan fingerprint density at radius 3 is 1.36 bits per heavy atom. The highest BCUT2D eigenvalue weighted by molar-refractivity contribution is 5.87. The van der Waals surface area contributed by atoms with Crippen molar-refractivity contribution >= 4 is 23.8 Å². The van der Waals surface area contributed by atoms with Crippen LogP contribution in [-0.2, 0) is 41.9 Å². The van der Waals surface area contributed by atoms with E-state index in [1.165, 1.54) is 9.80 Å². The Labute approximate surface area is 256 Å². The molecular formula is C34H36N2O8. The Morgan fingerprint density at radius 2 is 0.955 bits per heavy atom. The largest absolute Gasteiger partial charge is 0.480 e. The van der Waals surface area contributed by atoms with Crippen LogP contribution in [0.1, 0.15) is 36.8 Å². The van der Waals surface area contributed by atoms with Crippen LogP contribution in [-0.4, -0.2) is 71.9 Å². The molecule has 2 aliphatic rings. The molecule has 0 bridgehead atoms. The van der Waals surface area contributed by atoms with E-state index in [-0.39, 0.29) is 49.7 Å². The average Bonchev–Trinajstić information content (AvgIpc) is 3.76. The molecule has 2 saturated heterocycles. The van der Waals surface area contributed by atoms with Crippen molar-refractivity contribution in [2.24, 2.45) is 0 Å². The first kappa shape index (κ1) is 30.6. The Hall–Kier alpha value is -4.86. The summed E-state index contributed by atoms with van der Waals surface area (Å²) >= 11 is 0. The molecular weight excluding hydrogens is 564 g/mol. The summed E-state index contributed by atoms with van der Waals surface area (Å²) in [5.41, 5.74) is 1.75. The minimum absolute atomic E-state index is 0.144. The predicted octanol–water partition coefficient (Wildman–Crippen LogP) is 3.91. The van der Waals surface area contributed by atoms with Crippen molar-refractivity contribution < 1.29 is 38.1 Å². The molecule has 0 aromatic heterocycles. The molecule has 44 heavy (non-hydrogen) atoms. The standard InChI is InChI=1S/C34H36N2O8/c37-31(35-19-9-15-27(35)33(39)43-21-25-11-3-1-4-12-25)23-41-29-17-7-8-18-30(29)42-24-32(38)36-20-10-16-28(36)34(40)44-22-26-13-5-2-6-14-26/h1-8,11-14,17-18,27-28H,9-10,15-16,19-24H2/t27-,28-/m1/s1. The number of nitrogens with zero attached hydrogens (tertiary/aromatic N) is 2. The van der Waals surface area contributed by atoms with Crippen molar-refractivity contribution in [2.75, 3.05) is 26.3 Å². The fraction of sp³-hybridized carbons (Fsp3) is 0.353. The van der Waals surface area contributed by atoms with Crippen LogP contribution in [0.5, 0.6) is 11.5 Å². The third-order valence-corrected chi connectivity index (χ3v) is 7.69. The van der Waals surface area contributed by atoms with E-state index in [0.29, 0.717) is 38.8 Å². The van der Waals surface area contributed by atoms with E-state index < -0.39 is 24.0 Å². The number of rotatable bonds is 12. The number of amides is 2. The van der Waals surface area contributed by atoms with Gasteiger partial charge >= 0.3 is 11.9 Å². The maximum atomic E-state index is 13.1. The van der Waals surface area contributed by atoms with Gasteiger partial charge in [0.25, 0.3) is 11.8 Å². The highest BCUT2D eigenvalue weighted by Crippen LogP contribution is 2.28. The molecule has 2 fully saturated rings. The van der Waals surface area contributed by atoms with E-state index in [2.05, 4.69) is 0 Å². The lowest BCUT2D eigenvalue weighted by molar-refractivity contribution is -0.155. The van der Waals surface area contributed by atoms with Gasteiger partial charge in [0.15, 0.2) is 24.7 Å². The van der Waals surface area contributed by atoms with Crippen molar-refractivity contribution in [3.8, 4) is 11.5 Å². The van der Waals surface area contributed by atoms with E-state index >= 15 is 0 Å². The topological polar surface area (TPSA) is 112 Å². The van der Waals surface area contributed by atoms with Crippen LogP contribution in [0.2, 0.25) is 0 Å². The summed E-state index contributed by atoms with van der Waals surface area (Å²) in [6.45, 7) is 0.544. The van der Waals surface area contributed by atoms with E-state index in [1.54, 1.807) is 24.3 Å². The zero-order valence-corrected chi connectivity index (χ0v) is 24.5. The molecule has 3 aromatic rings. The summed E-state index contributed by atoms with van der Waals surface area (Å²) in [4.78, 5) is 54.6. The number of carbonyl (C=O) groups excluding carboxylic acids is 4. The molecule has 0 N–H and O–H groups in total. The monoisotopic (exact) mass is 600 g/mol. The molecule has 0 spiro atoms. The summed E-state index contributed by atoms with van der Waals surface area (Å²) in [5.74, 6) is -0.988. The van der Waals surface area contributed by atoms with Crippen molar-refractivity contribution in [2.45, 2.75) is 51.0 Å². The van der Waals surface area contributed by atoms with Gasteiger partial charge in [-0.1, -0.05) is 72.8 Å². The predicted molar refractivity (Wildman–Crippen MR) is 159 cm³/mol. The van der Waals surface area contributed by atoms with E-state index in [4.69, 9.17) is 18.9 Å². The van der Waals surface area contributed by atoms with Gasteiger partial charge in [0.2, 0.25) is 0 Å². The Morgan fingerprint density at radius 1 is 0.568 bits per heavy atom. The maximum absolute atomic E-state index is 13.1. The van der Waals surface area contributed by atoms with Crippen LogP contribution >= 0.6 is 0 Å². The summed E-state index contributed by atoms with van der Waals surface area (Å²) in [7, 11) is 0. The van der Waals surface area contributed by atoms with E-state index in [0.717, 1.165) is 11.1 Å². The summed E-state index contributed by atoms with van der Waals surface area (Å²) in [5, 5.41) is 0. The number of carbonyl (C=O) groups is 4. The molecule has 2 aliphatic heterocycles. The highest BCUT2D eigenvalue weighted by Gasteiger charge is 2.36. The van der Waals surface area contributed by atoms with Crippen molar-refractivity contribution in [3.05, 3.63) is 96.1 Å². The highest BCUT2D eigenvalue weighted by atomic mass is 16.5. The van der Waals surface area contributed by atoms with Crippen LogP contribution in [0, 0.1) is 0 Å². The lowest BCUT2D eigenvalue weighted by atomic mass is 10.2. The number of ether oxygens (including phenoxy) is 4. The van der Waals surface area contributed by atoms with Crippen LogP contribution in [0.25, 0.3) is 0 Å². The van der Waals surface area contributed by atoms with Gasteiger partial charge in [-0.05, 0) is 48.9 Å². The summed E-state index contributed by atoms with van der Waals surface area (Å²) in [6.07, 6.45) is 2.43. The van der Waals surface area contributed by atoms with Gasteiger partial charge in [-0.25, -0.2) is 9.59 Å². The molecule has 2 heterocycles. The number of esters is 2. The smallest absolute Gasteiger partial charge is 0.329 e. The maximum Gasteiger partial charge on any atom is 0.329 e. The van der Waals surface area contributed by atoms with Crippen molar-refractivity contribution in [3.63, 3.8) is 0 Å². The summed E-state index contributed by atoms with van der Waals surface area (Å²) in [6, 6.07) is 24.2. The van der Waals surface area contributed by atoms with E-state index in [9.17, 15) is 19.2 Å². The van der Waals surface area contributed by atoms with Crippen molar-refractivity contribution in [1.82, 2.24) is 9.80 Å². The van der Waals surface area contributed by atoms with Gasteiger partial charge in [-0.15, -0.1) is 0 Å². The van der Waals surface area contributed by atoms with Gasteiger partial charge < -0.3 is 28.7 Å². The Balaban J connectivity index is 1.11. The molecule has 3 aromatic carbocycles. The fourth-order valence-corrected chi connectivity index (χ4v) is 5.40. The third kappa shape index (κ3) is 7.94. The molecule has 10 heteroatoms. The first-order valence-corrected chi connectivity index (χ1v) is 14.8. The van der Waals surface area contributed by atoms with Gasteiger partial charge in [-0.2, -0.15) is 0 Å². The fourth-order valence-electron chi connectivity index (χ4n) is 5.40. The number of para-hydroxylation sites is 2. The quantitative estimate of drug-likeness (QED) is 0.288. The second-order valence-electron chi connectivity index (χ2n) is 10.7. The molecule has 5 rings (SSSR count). The average molecular weight is 601 g/mol. The minimum Gasteiger partial charge on any atom is -0.480 e. The lowest BCUT2D eigenvalue weighted by Gasteiger charge is -2.24. The third-order valence-electron chi connectivity index (χ3n) is 7.69. The number of hydrogen-bond acceptors (Lipinski definition) is 8. The number of benzene rings is 3. The first-order chi connectivity index (χ1) is 21.5.